The van der Waals surface area contributed by atoms with Gasteiger partial charge in [-0.1, -0.05) is 12.1 Å². The summed E-state index contributed by atoms with van der Waals surface area (Å²) in [6.07, 6.45) is -0.148. The number of aromatic hydroxyl groups is 4. The Morgan fingerprint density at radius 1 is 0.944 bits per heavy atom. The van der Waals surface area contributed by atoms with Crippen molar-refractivity contribution in [2.75, 3.05) is 0 Å². The summed E-state index contributed by atoms with van der Waals surface area (Å²) < 4.78 is 17.2. The van der Waals surface area contributed by atoms with Gasteiger partial charge in [0.2, 0.25) is 11.2 Å². The van der Waals surface area contributed by atoms with Gasteiger partial charge < -0.3 is 34.3 Å². The Hall–Kier alpha value is -4.66. The van der Waals surface area contributed by atoms with Crippen LogP contribution in [0, 0.1) is 0 Å². The van der Waals surface area contributed by atoms with E-state index in [1.165, 1.54) is 12.1 Å². The summed E-state index contributed by atoms with van der Waals surface area (Å²) in [5.74, 6) is -3.04. The lowest BCUT2D eigenvalue weighted by atomic mass is 9.85. The number of phenolic OH excluding ortho intramolecular Hbond substituents is 3. The third-order valence-corrected chi connectivity index (χ3v) is 5.94. The molecule has 1 aliphatic rings. The Morgan fingerprint density at radius 2 is 1.72 bits per heavy atom. The largest absolute Gasteiger partial charge is 0.507 e. The predicted octanol–water partition coefficient (Wildman–Crippen LogP) is 4.51. The molecule has 5 rings (SSSR count). The maximum absolute atomic E-state index is 13.2. The average Bonchev–Trinajstić information content (AvgIpc) is 2.82. The molecule has 0 spiro atoms. The molecule has 1 unspecified atom stereocenters. The van der Waals surface area contributed by atoms with Gasteiger partial charge in [0.05, 0.1) is 12.5 Å². The van der Waals surface area contributed by atoms with Gasteiger partial charge in [0.1, 0.15) is 28.2 Å². The quantitative estimate of drug-likeness (QED) is 0.184. The number of benzene rings is 3. The molecule has 0 radical (unpaired) electrons. The summed E-state index contributed by atoms with van der Waals surface area (Å²) in [5.41, 5.74) is 0.147. The minimum Gasteiger partial charge on any atom is -0.507 e. The van der Waals surface area contributed by atoms with E-state index in [4.69, 9.17) is 13.9 Å². The molecule has 3 aromatic carbocycles. The van der Waals surface area contributed by atoms with Crippen LogP contribution in [0.4, 0.5) is 0 Å². The van der Waals surface area contributed by atoms with Gasteiger partial charge in [0.15, 0.2) is 17.3 Å². The van der Waals surface area contributed by atoms with E-state index in [0.29, 0.717) is 16.9 Å². The third-order valence-electron chi connectivity index (χ3n) is 5.94. The van der Waals surface area contributed by atoms with E-state index in [1.807, 2.05) is 13.8 Å². The molecule has 9 heteroatoms. The van der Waals surface area contributed by atoms with Crippen LogP contribution in [0.2, 0.25) is 0 Å². The van der Waals surface area contributed by atoms with Gasteiger partial charge in [-0.25, -0.2) is 0 Å². The Bertz CT molecular complexity index is 1580. The fourth-order valence-electron chi connectivity index (χ4n) is 4.40. The molecule has 1 aliphatic heterocycles. The number of fused-ring (bicyclic) bond motifs is 3. The number of hydrogen-bond acceptors (Lipinski definition) is 9. The molecular weight excluding hydrogens is 468 g/mol. The zero-order chi connectivity index (χ0) is 25.7. The maximum Gasteiger partial charge on any atom is 0.312 e. The lowest BCUT2D eigenvalue weighted by molar-refractivity contribution is -0.135. The van der Waals surface area contributed by atoms with Crippen molar-refractivity contribution in [1.82, 2.24) is 0 Å². The number of hydrogen-bond donors (Lipinski definition) is 4. The first-order valence-corrected chi connectivity index (χ1v) is 11.2. The first kappa shape index (κ1) is 23.1. The second-order valence-corrected chi connectivity index (χ2v) is 8.79. The molecule has 1 atom stereocenters. The molecule has 0 aliphatic carbocycles. The second-order valence-electron chi connectivity index (χ2n) is 8.79. The van der Waals surface area contributed by atoms with Gasteiger partial charge in [-0.05, 0) is 49.7 Å². The van der Waals surface area contributed by atoms with Gasteiger partial charge in [0, 0.05) is 23.1 Å². The van der Waals surface area contributed by atoms with Crippen molar-refractivity contribution >= 4 is 16.9 Å². The van der Waals surface area contributed by atoms with Crippen LogP contribution in [-0.2, 0) is 4.79 Å². The summed E-state index contributed by atoms with van der Waals surface area (Å²) in [4.78, 5) is 25.6. The van der Waals surface area contributed by atoms with Gasteiger partial charge in [-0.2, -0.15) is 0 Å². The van der Waals surface area contributed by atoms with E-state index in [1.54, 1.807) is 24.3 Å². The zero-order valence-corrected chi connectivity index (χ0v) is 19.3. The van der Waals surface area contributed by atoms with Crippen molar-refractivity contribution in [2.24, 2.45) is 0 Å². The molecule has 2 heterocycles. The van der Waals surface area contributed by atoms with Crippen molar-refractivity contribution in [3.8, 4) is 45.8 Å². The van der Waals surface area contributed by atoms with Crippen LogP contribution in [0.25, 0.3) is 22.3 Å². The number of phenols is 3. The fourth-order valence-corrected chi connectivity index (χ4v) is 4.40. The normalized spacial score (nSPS) is 15.1. The first-order chi connectivity index (χ1) is 17.1. The summed E-state index contributed by atoms with van der Waals surface area (Å²) in [5, 5.41) is 40.5. The van der Waals surface area contributed by atoms with Crippen molar-refractivity contribution in [3.05, 3.63) is 69.9 Å². The van der Waals surface area contributed by atoms with Crippen LogP contribution < -0.4 is 14.9 Å². The van der Waals surface area contributed by atoms with Gasteiger partial charge in [0.25, 0.3) is 0 Å². The Morgan fingerprint density at radius 3 is 2.44 bits per heavy atom. The molecule has 0 fully saturated rings. The minimum absolute atomic E-state index is 0.0183. The van der Waals surface area contributed by atoms with E-state index >= 15 is 0 Å². The van der Waals surface area contributed by atoms with Gasteiger partial charge in [-0.3, -0.25) is 9.59 Å². The van der Waals surface area contributed by atoms with Gasteiger partial charge in [-0.15, -0.1) is 0 Å². The summed E-state index contributed by atoms with van der Waals surface area (Å²) in [6, 6.07) is 11.9. The van der Waals surface area contributed by atoms with E-state index < -0.39 is 40.3 Å². The number of carbonyl (C=O) groups excluding carboxylic acids is 1. The molecule has 0 amide bonds. The smallest absolute Gasteiger partial charge is 0.312 e. The fraction of sp³-hybridized carbons (Fsp3) is 0.185. The standard InChI is InChI=1S/C27H22O9/c1-12(2)34-15-5-3-4-13(8-15)16-10-21(31)35-20-11-19(30)23-24(32)25(33)26(36-27(23)22(16)20)14-6-7-17(28)18(29)9-14/h3-9,11-12,16,28-30,33H,10H2,1-2H3. The molecule has 4 aromatic rings. The Balaban J connectivity index is 1.80. The highest BCUT2D eigenvalue weighted by Gasteiger charge is 2.34. The van der Waals surface area contributed by atoms with E-state index in [9.17, 15) is 30.0 Å². The first-order valence-electron chi connectivity index (χ1n) is 11.2. The summed E-state index contributed by atoms with van der Waals surface area (Å²) >= 11 is 0. The SMILES string of the molecule is CC(C)Oc1cccc(C2CC(=O)Oc3cc(O)c4c(=O)c(O)c(-c5ccc(O)c(O)c5)oc4c32)c1. The van der Waals surface area contributed by atoms with Crippen LogP contribution in [0.3, 0.4) is 0 Å². The predicted molar refractivity (Wildman–Crippen MR) is 129 cm³/mol. The van der Waals surface area contributed by atoms with Crippen LogP contribution in [0.5, 0.6) is 34.5 Å². The molecule has 9 nitrogen and oxygen atoms in total. The van der Waals surface area contributed by atoms with Crippen LogP contribution >= 0.6 is 0 Å². The third kappa shape index (κ3) is 3.84. The number of rotatable bonds is 4. The number of esters is 1. The molecule has 0 saturated heterocycles. The van der Waals surface area contributed by atoms with E-state index in [-0.39, 0.29) is 40.6 Å². The highest BCUT2D eigenvalue weighted by molar-refractivity contribution is 5.94. The second kappa shape index (κ2) is 8.53. The van der Waals surface area contributed by atoms with Crippen LogP contribution in [0.15, 0.2) is 57.7 Å². The summed E-state index contributed by atoms with van der Waals surface area (Å²) in [7, 11) is 0. The molecule has 36 heavy (non-hydrogen) atoms. The number of carbonyl (C=O) groups is 1. The summed E-state index contributed by atoms with van der Waals surface area (Å²) in [6.45, 7) is 3.78. The maximum atomic E-state index is 13.2. The monoisotopic (exact) mass is 490 g/mol. The minimum atomic E-state index is -0.911. The molecular formula is C27H22O9. The highest BCUT2D eigenvalue weighted by Crippen LogP contribution is 2.47. The lowest BCUT2D eigenvalue weighted by Gasteiger charge is -2.26. The lowest BCUT2D eigenvalue weighted by Crippen LogP contribution is -2.22. The molecule has 4 N–H and O–H groups in total. The van der Waals surface area contributed by atoms with Crippen LogP contribution in [-0.4, -0.2) is 32.5 Å². The molecule has 184 valence electrons. The highest BCUT2D eigenvalue weighted by atomic mass is 16.5. The molecule has 1 aromatic heterocycles. The van der Waals surface area contributed by atoms with Crippen molar-refractivity contribution < 1.29 is 39.1 Å². The van der Waals surface area contributed by atoms with Crippen molar-refractivity contribution in [3.63, 3.8) is 0 Å². The van der Waals surface area contributed by atoms with Crippen LogP contribution in [0.1, 0.15) is 37.3 Å². The van der Waals surface area contributed by atoms with E-state index in [2.05, 4.69) is 0 Å². The molecule has 0 saturated carbocycles. The number of ether oxygens (including phenoxy) is 2. The Labute approximate surface area is 204 Å². The van der Waals surface area contributed by atoms with Crippen molar-refractivity contribution in [2.45, 2.75) is 32.3 Å². The zero-order valence-electron chi connectivity index (χ0n) is 19.3. The average molecular weight is 490 g/mol. The van der Waals surface area contributed by atoms with E-state index in [0.717, 1.165) is 12.1 Å². The topological polar surface area (TPSA) is 147 Å². The van der Waals surface area contributed by atoms with Gasteiger partial charge >= 0.3 is 5.97 Å². The Kier molecular flexibility index (Phi) is 5.47. The molecule has 0 bridgehead atoms. The van der Waals surface area contributed by atoms with Crippen molar-refractivity contribution in [1.29, 1.82) is 0 Å².